The van der Waals surface area contributed by atoms with E-state index >= 15 is 0 Å². The lowest BCUT2D eigenvalue weighted by atomic mass is 9.70. The van der Waals surface area contributed by atoms with Crippen LogP contribution in [0.5, 0.6) is 0 Å². The normalized spacial score (nSPS) is 13.3. The molecule has 0 atom stereocenters. The Kier molecular flexibility index (Phi) is 9.39. The van der Waals surface area contributed by atoms with Crippen LogP contribution in [0.15, 0.2) is 231 Å². The molecule has 13 rings (SSSR count). The predicted molar refractivity (Wildman–Crippen MR) is 275 cm³/mol. The maximum Gasteiger partial charge on any atom is 0.416 e. The van der Waals surface area contributed by atoms with Crippen molar-refractivity contribution in [3.63, 3.8) is 0 Å². The van der Waals surface area contributed by atoms with Gasteiger partial charge in [0.2, 0.25) is 0 Å². The van der Waals surface area contributed by atoms with Gasteiger partial charge in [-0.3, -0.25) is 0 Å². The number of alkyl halides is 6. The maximum absolute atomic E-state index is 14.0. The fourth-order valence-corrected chi connectivity index (χ4v) is 11.5. The molecule has 8 heteroatoms. The second-order valence-corrected chi connectivity index (χ2v) is 18.2. The third-order valence-electron chi connectivity index (χ3n) is 14.5. The van der Waals surface area contributed by atoms with Gasteiger partial charge in [-0.05, 0) is 186 Å². The first-order valence-corrected chi connectivity index (χ1v) is 23.3. The Labute approximate surface area is 404 Å². The molecule has 2 nitrogen and oxygen atoms in total. The number of benzene rings is 11. The van der Waals surface area contributed by atoms with E-state index in [0.29, 0.717) is 11.4 Å². The zero-order chi connectivity index (χ0) is 48.2. The highest BCUT2D eigenvalue weighted by atomic mass is 19.4. The van der Waals surface area contributed by atoms with Gasteiger partial charge < -0.3 is 9.80 Å². The topological polar surface area (TPSA) is 6.48 Å². The number of anilines is 6. The molecule has 1 spiro atoms. The highest BCUT2D eigenvalue weighted by Crippen LogP contribution is 2.65. The van der Waals surface area contributed by atoms with Gasteiger partial charge in [0.25, 0.3) is 0 Å². The molecule has 0 radical (unpaired) electrons. The van der Waals surface area contributed by atoms with Crippen LogP contribution >= 0.6 is 0 Å². The minimum Gasteiger partial charge on any atom is -0.310 e. The Hall–Kier alpha value is -8.62. The van der Waals surface area contributed by atoms with E-state index in [9.17, 15) is 26.3 Å². The van der Waals surface area contributed by atoms with Crippen molar-refractivity contribution in [3.05, 3.63) is 264 Å². The maximum atomic E-state index is 14.0. The van der Waals surface area contributed by atoms with Crippen molar-refractivity contribution in [2.24, 2.45) is 0 Å². The van der Waals surface area contributed by atoms with Crippen molar-refractivity contribution >= 4 is 66.4 Å². The van der Waals surface area contributed by atoms with Crippen molar-refractivity contribution in [3.8, 4) is 22.3 Å². The van der Waals surface area contributed by atoms with Crippen LogP contribution in [0, 0.1) is 0 Å². The first kappa shape index (κ1) is 42.5. The van der Waals surface area contributed by atoms with E-state index in [-0.39, 0.29) is 0 Å². The monoisotopic (exact) mass is 936 g/mol. The molecule has 0 N–H and O–H groups in total. The van der Waals surface area contributed by atoms with Crippen molar-refractivity contribution in [1.82, 2.24) is 0 Å². The molecule has 0 heterocycles. The van der Waals surface area contributed by atoms with E-state index in [1.807, 2.05) is 82.6 Å². The second-order valence-electron chi connectivity index (χ2n) is 18.2. The fourth-order valence-electron chi connectivity index (χ4n) is 11.5. The number of hydrogen-bond donors (Lipinski definition) is 0. The summed E-state index contributed by atoms with van der Waals surface area (Å²) >= 11 is 0. The molecule has 342 valence electrons. The quantitative estimate of drug-likeness (QED) is 0.121. The minimum absolute atomic E-state index is 0.558. The molecular formula is C63H38F6N2. The van der Waals surface area contributed by atoms with E-state index in [2.05, 4.69) is 109 Å². The van der Waals surface area contributed by atoms with Gasteiger partial charge in [0.15, 0.2) is 0 Å². The summed E-state index contributed by atoms with van der Waals surface area (Å²) in [6.07, 6.45) is -9.01. The first-order chi connectivity index (χ1) is 34.5. The highest BCUT2D eigenvalue weighted by molar-refractivity contribution is 6.26. The molecule has 0 aromatic heterocycles. The van der Waals surface area contributed by atoms with Gasteiger partial charge in [0, 0.05) is 34.1 Å². The van der Waals surface area contributed by atoms with Gasteiger partial charge in [0.05, 0.1) is 16.5 Å². The van der Waals surface area contributed by atoms with E-state index in [1.54, 1.807) is 0 Å². The highest BCUT2D eigenvalue weighted by Gasteiger charge is 2.52. The van der Waals surface area contributed by atoms with Crippen LogP contribution in [0.3, 0.4) is 0 Å². The molecule has 11 aromatic carbocycles. The molecule has 0 saturated carbocycles. The number of para-hydroxylation sites is 2. The van der Waals surface area contributed by atoms with Gasteiger partial charge in [-0.1, -0.05) is 121 Å². The van der Waals surface area contributed by atoms with E-state index in [1.165, 1.54) is 24.3 Å². The summed E-state index contributed by atoms with van der Waals surface area (Å²) in [5, 5.41) is 6.79. The average Bonchev–Trinajstić information content (AvgIpc) is 3.85. The summed E-state index contributed by atoms with van der Waals surface area (Å²) in [6, 6.07) is 72.7. The lowest BCUT2D eigenvalue weighted by Gasteiger charge is -2.33. The lowest BCUT2D eigenvalue weighted by molar-refractivity contribution is -0.138. The molecule has 0 saturated heterocycles. The number of nitrogens with zero attached hydrogens (tertiary/aromatic N) is 2. The van der Waals surface area contributed by atoms with Crippen molar-refractivity contribution in [2.45, 2.75) is 17.8 Å². The van der Waals surface area contributed by atoms with E-state index < -0.39 is 28.9 Å². The van der Waals surface area contributed by atoms with Gasteiger partial charge in [0.1, 0.15) is 0 Å². The summed E-state index contributed by atoms with van der Waals surface area (Å²) in [7, 11) is 0. The Morgan fingerprint density at radius 3 is 1.04 bits per heavy atom. The fraction of sp³-hybridized carbons (Fsp3) is 0.0476. The molecule has 0 bridgehead atoms. The van der Waals surface area contributed by atoms with Crippen LogP contribution in [0.4, 0.5) is 60.5 Å². The summed E-state index contributed by atoms with van der Waals surface area (Å²) < 4.78 is 83.9. The van der Waals surface area contributed by atoms with Crippen LogP contribution in [0.2, 0.25) is 0 Å². The molecule has 71 heavy (non-hydrogen) atoms. The Balaban J connectivity index is 1.12. The standard InChI is InChI=1S/C63H38F6N2/c64-62(65,66)39-23-27-43(28-24-39)70(41-13-3-1-4-14-41)45-31-33-52-53-34-32-46(71(42-15-5-2-6-16-42)44-29-25-40(26-30-44)63(67,68)69)36-59(53)61(58(52)35-45)57-22-12-11-21-51(57)56-37-54-49-19-9-7-17-47(49)48-18-8-10-20-50(48)55(54)38-60(56)61/h1-38H. The summed E-state index contributed by atoms with van der Waals surface area (Å²) in [6.45, 7) is 0. The summed E-state index contributed by atoms with van der Waals surface area (Å²) in [5.74, 6) is 0. The number of hydrogen-bond acceptors (Lipinski definition) is 2. The summed E-state index contributed by atoms with van der Waals surface area (Å²) in [5.41, 5.74) is 9.98. The molecule has 2 aliphatic carbocycles. The molecule has 0 amide bonds. The second kappa shape index (κ2) is 15.7. The van der Waals surface area contributed by atoms with E-state index in [4.69, 9.17) is 0 Å². The molecule has 2 aliphatic rings. The van der Waals surface area contributed by atoms with Crippen LogP contribution in [-0.4, -0.2) is 0 Å². The van der Waals surface area contributed by atoms with Crippen LogP contribution in [0.1, 0.15) is 33.4 Å². The number of halogens is 6. The van der Waals surface area contributed by atoms with Crippen molar-refractivity contribution in [2.75, 3.05) is 9.80 Å². The SMILES string of the molecule is FC(F)(F)c1ccc(N(c2ccccc2)c2ccc3c(c2)C2(c4ccccc4-c4cc5c6ccccc6c6ccccc6c5cc42)c2cc(N(c4ccccc4)c4ccc(C(F)(F)F)cc4)ccc2-3)cc1. The van der Waals surface area contributed by atoms with Gasteiger partial charge in [-0.2, -0.15) is 26.3 Å². The van der Waals surface area contributed by atoms with Crippen LogP contribution < -0.4 is 9.80 Å². The number of fused-ring (bicyclic) bond motifs is 16. The van der Waals surface area contributed by atoms with Crippen LogP contribution in [0.25, 0.3) is 54.6 Å². The van der Waals surface area contributed by atoms with Gasteiger partial charge in [-0.15, -0.1) is 0 Å². The summed E-state index contributed by atoms with van der Waals surface area (Å²) in [4.78, 5) is 3.98. The van der Waals surface area contributed by atoms with Crippen molar-refractivity contribution in [1.29, 1.82) is 0 Å². The third kappa shape index (κ3) is 6.51. The molecule has 0 aliphatic heterocycles. The first-order valence-electron chi connectivity index (χ1n) is 23.3. The van der Waals surface area contributed by atoms with Crippen LogP contribution in [-0.2, 0) is 17.8 Å². The zero-order valence-electron chi connectivity index (χ0n) is 37.6. The number of rotatable bonds is 6. The van der Waals surface area contributed by atoms with Gasteiger partial charge >= 0.3 is 12.4 Å². The minimum atomic E-state index is -4.51. The Morgan fingerprint density at radius 2 is 0.592 bits per heavy atom. The predicted octanol–water partition coefficient (Wildman–Crippen LogP) is 18.5. The smallest absolute Gasteiger partial charge is 0.310 e. The molecule has 0 fully saturated rings. The van der Waals surface area contributed by atoms with Gasteiger partial charge in [-0.25, -0.2) is 0 Å². The van der Waals surface area contributed by atoms with E-state index in [0.717, 1.165) is 124 Å². The molecule has 11 aromatic rings. The lowest BCUT2D eigenvalue weighted by Crippen LogP contribution is -2.26. The Bertz CT molecular complexity index is 3750. The average molecular weight is 937 g/mol. The Morgan fingerprint density at radius 1 is 0.254 bits per heavy atom. The van der Waals surface area contributed by atoms with Crippen molar-refractivity contribution < 1.29 is 26.3 Å². The third-order valence-corrected chi connectivity index (χ3v) is 14.5. The molecular weight excluding hydrogens is 899 g/mol. The largest absolute Gasteiger partial charge is 0.416 e. The zero-order valence-corrected chi connectivity index (χ0v) is 37.6. The molecule has 0 unspecified atom stereocenters.